The van der Waals surface area contributed by atoms with E-state index < -0.39 is 0 Å². The van der Waals surface area contributed by atoms with Crippen LogP contribution in [0.4, 0.5) is 0 Å². The van der Waals surface area contributed by atoms with Crippen LogP contribution in [0.15, 0.2) is 34.9 Å². The molecule has 0 saturated heterocycles. The number of rotatable bonds is 2. The monoisotopic (exact) mass is 254 g/mol. The maximum Gasteiger partial charge on any atom is 0.261 e. The molecule has 0 saturated carbocycles. The smallest absolute Gasteiger partial charge is 0.261 e. The molecule has 0 atom stereocenters. The first-order valence-corrected chi connectivity index (χ1v) is 6.06. The molecule has 0 aliphatic rings. The molecule has 0 fully saturated rings. The second kappa shape index (κ2) is 4.35. The van der Waals surface area contributed by atoms with Crippen LogP contribution in [0.2, 0.25) is 0 Å². The highest BCUT2D eigenvalue weighted by atomic mass is 16.5. The van der Waals surface area contributed by atoms with Gasteiger partial charge in [-0.1, -0.05) is 35.5 Å². The van der Waals surface area contributed by atoms with E-state index in [1.54, 1.807) is 0 Å². The maximum absolute atomic E-state index is 5.37. The summed E-state index contributed by atoms with van der Waals surface area (Å²) in [6.45, 7) is 3.93. The summed E-state index contributed by atoms with van der Waals surface area (Å²) in [7, 11) is 1.90. The lowest BCUT2D eigenvalue weighted by Crippen LogP contribution is -1.92. The third-order valence-corrected chi connectivity index (χ3v) is 3.18. The number of hydrogen-bond donors (Lipinski definition) is 0. The summed E-state index contributed by atoms with van der Waals surface area (Å²) in [6.07, 6.45) is 0. The Balaban J connectivity index is 2.07. The SMILES string of the molecule is Cc1nn(C)c(C)c1-c1nc(-c2ccccc2)no1. The van der Waals surface area contributed by atoms with E-state index in [4.69, 9.17) is 4.52 Å². The van der Waals surface area contributed by atoms with Crippen molar-refractivity contribution in [2.75, 3.05) is 0 Å². The number of aryl methyl sites for hydroxylation is 2. The zero-order valence-electron chi connectivity index (χ0n) is 11.1. The van der Waals surface area contributed by atoms with E-state index >= 15 is 0 Å². The second-order valence-corrected chi connectivity index (χ2v) is 4.46. The lowest BCUT2D eigenvalue weighted by atomic mass is 10.2. The minimum absolute atomic E-state index is 0.516. The van der Waals surface area contributed by atoms with Crippen molar-refractivity contribution < 1.29 is 4.52 Å². The Morgan fingerprint density at radius 2 is 1.84 bits per heavy atom. The molecule has 0 radical (unpaired) electrons. The van der Waals surface area contributed by atoms with E-state index in [1.165, 1.54) is 0 Å². The van der Waals surface area contributed by atoms with Crippen molar-refractivity contribution in [2.24, 2.45) is 7.05 Å². The number of hydrogen-bond acceptors (Lipinski definition) is 4. The first-order chi connectivity index (χ1) is 9.16. The van der Waals surface area contributed by atoms with Gasteiger partial charge in [-0.3, -0.25) is 4.68 Å². The van der Waals surface area contributed by atoms with Gasteiger partial charge >= 0.3 is 0 Å². The molecule has 5 heteroatoms. The van der Waals surface area contributed by atoms with Crippen LogP contribution in [-0.2, 0) is 7.05 Å². The van der Waals surface area contributed by atoms with Crippen LogP contribution >= 0.6 is 0 Å². The molecule has 0 aliphatic heterocycles. The van der Waals surface area contributed by atoms with Crippen molar-refractivity contribution in [2.45, 2.75) is 13.8 Å². The minimum Gasteiger partial charge on any atom is -0.333 e. The topological polar surface area (TPSA) is 56.7 Å². The van der Waals surface area contributed by atoms with Gasteiger partial charge in [-0.15, -0.1) is 0 Å². The summed E-state index contributed by atoms with van der Waals surface area (Å²) in [5.74, 6) is 1.11. The van der Waals surface area contributed by atoms with Gasteiger partial charge in [0.2, 0.25) is 5.82 Å². The first-order valence-electron chi connectivity index (χ1n) is 6.06. The zero-order valence-corrected chi connectivity index (χ0v) is 11.1. The molecule has 0 aliphatic carbocycles. The predicted molar refractivity (Wildman–Crippen MR) is 71.4 cm³/mol. The summed E-state index contributed by atoms with van der Waals surface area (Å²) < 4.78 is 7.18. The Morgan fingerprint density at radius 1 is 1.11 bits per heavy atom. The van der Waals surface area contributed by atoms with E-state index in [2.05, 4.69) is 15.2 Å². The van der Waals surface area contributed by atoms with Crippen LogP contribution in [0.1, 0.15) is 11.4 Å². The summed E-state index contributed by atoms with van der Waals surface area (Å²) in [4.78, 5) is 4.45. The predicted octanol–water partition coefficient (Wildman–Crippen LogP) is 2.75. The lowest BCUT2D eigenvalue weighted by molar-refractivity contribution is 0.432. The van der Waals surface area contributed by atoms with Gasteiger partial charge in [-0.25, -0.2) is 0 Å². The van der Waals surface area contributed by atoms with Crippen LogP contribution in [0.3, 0.4) is 0 Å². The van der Waals surface area contributed by atoms with E-state index in [0.29, 0.717) is 11.7 Å². The second-order valence-electron chi connectivity index (χ2n) is 4.46. The molecule has 2 aromatic heterocycles. The van der Waals surface area contributed by atoms with Gasteiger partial charge in [0.05, 0.1) is 11.3 Å². The Kier molecular flexibility index (Phi) is 2.67. The van der Waals surface area contributed by atoms with Crippen LogP contribution in [-0.4, -0.2) is 19.9 Å². The lowest BCUT2D eigenvalue weighted by Gasteiger charge is -1.94. The molecule has 0 amide bonds. The molecule has 2 heterocycles. The molecule has 0 spiro atoms. The maximum atomic E-state index is 5.37. The van der Waals surface area contributed by atoms with Crippen molar-refractivity contribution in [3.8, 4) is 22.8 Å². The molecule has 0 unspecified atom stereocenters. The van der Waals surface area contributed by atoms with Crippen molar-refractivity contribution in [3.63, 3.8) is 0 Å². The molecule has 5 nitrogen and oxygen atoms in total. The molecular formula is C14H14N4O. The average Bonchev–Trinajstić information content (AvgIpc) is 2.97. The molecule has 19 heavy (non-hydrogen) atoms. The quantitative estimate of drug-likeness (QED) is 0.705. The normalized spacial score (nSPS) is 10.9. The van der Waals surface area contributed by atoms with Crippen LogP contribution in [0.25, 0.3) is 22.8 Å². The van der Waals surface area contributed by atoms with Crippen molar-refractivity contribution in [3.05, 3.63) is 41.7 Å². The molecule has 0 bridgehead atoms. The molecule has 96 valence electrons. The highest BCUT2D eigenvalue weighted by Crippen LogP contribution is 2.27. The van der Waals surface area contributed by atoms with Crippen LogP contribution in [0, 0.1) is 13.8 Å². The average molecular weight is 254 g/mol. The highest BCUT2D eigenvalue weighted by Gasteiger charge is 2.18. The third kappa shape index (κ3) is 1.93. The van der Waals surface area contributed by atoms with E-state index in [-0.39, 0.29) is 0 Å². The summed E-state index contributed by atoms with van der Waals surface area (Å²) in [6, 6.07) is 9.77. The van der Waals surface area contributed by atoms with Gasteiger partial charge in [0.15, 0.2) is 0 Å². The summed E-state index contributed by atoms with van der Waals surface area (Å²) >= 11 is 0. The van der Waals surface area contributed by atoms with Crippen molar-refractivity contribution in [1.82, 2.24) is 19.9 Å². The van der Waals surface area contributed by atoms with Gasteiger partial charge in [-0.2, -0.15) is 10.1 Å². The Hall–Kier alpha value is -2.43. The third-order valence-electron chi connectivity index (χ3n) is 3.18. The van der Waals surface area contributed by atoms with Gasteiger partial charge in [0.1, 0.15) is 0 Å². The van der Waals surface area contributed by atoms with Crippen LogP contribution < -0.4 is 0 Å². The Morgan fingerprint density at radius 3 is 2.47 bits per heavy atom. The summed E-state index contributed by atoms with van der Waals surface area (Å²) in [5, 5.41) is 8.39. The number of benzene rings is 1. The van der Waals surface area contributed by atoms with E-state index in [1.807, 2.05) is 55.9 Å². The van der Waals surface area contributed by atoms with E-state index in [9.17, 15) is 0 Å². The van der Waals surface area contributed by atoms with Gasteiger partial charge in [0, 0.05) is 18.3 Å². The molecular weight excluding hydrogens is 240 g/mol. The molecule has 3 aromatic rings. The molecule has 3 rings (SSSR count). The van der Waals surface area contributed by atoms with Gasteiger partial charge < -0.3 is 4.52 Å². The fraction of sp³-hybridized carbons (Fsp3) is 0.214. The Labute approximate surface area is 110 Å². The Bertz CT molecular complexity index is 712. The zero-order chi connectivity index (χ0) is 13.4. The minimum atomic E-state index is 0.516. The largest absolute Gasteiger partial charge is 0.333 e. The van der Waals surface area contributed by atoms with E-state index in [0.717, 1.165) is 22.5 Å². The summed E-state index contributed by atoms with van der Waals surface area (Å²) in [5.41, 5.74) is 3.76. The van der Waals surface area contributed by atoms with Gasteiger partial charge in [0.25, 0.3) is 5.89 Å². The fourth-order valence-electron chi connectivity index (χ4n) is 2.11. The highest BCUT2D eigenvalue weighted by molar-refractivity contribution is 5.63. The fourth-order valence-corrected chi connectivity index (χ4v) is 2.11. The molecule has 1 aromatic carbocycles. The number of aromatic nitrogens is 4. The standard InChI is InChI=1S/C14H14N4O/c1-9-12(10(2)18(3)16-9)14-15-13(17-19-14)11-7-5-4-6-8-11/h4-8H,1-3H3. The van der Waals surface area contributed by atoms with Gasteiger partial charge in [-0.05, 0) is 13.8 Å². The van der Waals surface area contributed by atoms with Crippen molar-refractivity contribution >= 4 is 0 Å². The van der Waals surface area contributed by atoms with Crippen LogP contribution in [0.5, 0.6) is 0 Å². The first kappa shape index (κ1) is 11.6. The number of nitrogens with zero attached hydrogens (tertiary/aromatic N) is 4. The van der Waals surface area contributed by atoms with Crippen molar-refractivity contribution in [1.29, 1.82) is 0 Å². The molecule has 0 N–H and O–H groups in total.